The quantitative estimate of drug-likeness (QED) is 0.326. The number of benzene rings is 3. The van der Waals surface area contributed by atoms with Gasteiger partial charge in [-0.15, -0.1) is 0 Å². The first-order chi connectivity index (χ1) is 17.4. The molecule has 3 aromatic rings. The van der Waals surface area contributed by atoms with E-state index in [2.05, 4.69) is 52.8 Å². The van der Waals surface area contributed by atoms with E-state index < -0.39 is 17.5 Å². The summed E-state index contributed by atoms with van der Waals surface area (Å²) in [5, 5.41) is 0. The van der Waals surface area contributed by atoms with Gasteiger partial charge in [0.1, 0.15) is 23.2 Å². The predicted molar refractivity (Wildman–Crippen MR) is 146 cm³/mol. The Morgan fingerprint density at radius 1 is 0.541 bits per heavy atom. The third-order valence-electron chi connectivity index (χ3n) is 5.78. The Bertz CT molecular complexity index is 1100. The molecule has 0 N–H and O–H groups in total. The van der Waals surface area contributed by atoms with E-state index in [9.17, 15) is 13.2 Å². The van der Waals surface area contributed by atoms with Crippen molar-refractivity contribution in [2.45, 2.75) is 66.2 Å². The molecule has 3 aromatic carbocycles. The average molecular weight is 519 g/mol. The van der Waals surface area contributed by atoms with Crippen molar-refractivity contribution in [3.8, 4) is 17.2 Å². The molecule has 0 amide bonds. The molecule has 0 aromatic heterocycles. The summed E-state index contributed by atoms with van der Waals surface area (Å²) in [6.45, 7) is 14.1. The van der Waals surface area contributed by atoms with E-state index >= 15 is 0 Å². The van der Waals surface area contributed by atoms with Gasteiger partial charge in [0.25, 0.3) is 0 Å². The first-order valence-electron chi connectivity index (χ1n) is 12.4. The molecule has 0 radical (unpaired) electrons. The smallest absolute Gasteiger partial charge is 0.160 e. The molecule has 0 fully saturated rings. The van der Waals surface area contributed by atoms with Gasteiger partial charge in [0.05, 0.1) is 21.3 Å². The first-order valence-corrected chi connectivity index (χ1v) is 12.4. The van der Waals surface area contributed by atoms with Gasteiger partial charge < -0.3 is 14.2 Å². The molecule has 6 heteroatoms. The van der Waals surface area contributed by atoms with Crippen molar-refractivity contribution in [3.63, 3.8) is 0 Å². The molecule has 3 rings (SSSR count). The van der Waals surface area contributed by atoms with Crippen LogP contribution in [-0.2, 0) is 0 Å². The molecule has 0 bridgehead atoms. The van der Waals surface area contributed by atoms with Gasteiger partial charge in [-0.3, -0.25) is 0 Å². The summed E-state index contributed by atoms with van der Waals surface area (Å²) < 4.78 is 53.7. The summed E-state index contributed by atoms with van der Waals surface area (Å²) in [5.74, 6) is 0.874. The van der Waals surface area contributed by atoms with Crippen LogP contribution in [0.4, 0.5) is 13.2 Å². The minimum atomic E-state index is -0.880. The molecular weight excluding hydrogens is 477 g/mol. The van der Waals surface area contributed by atoms with Crippen molar-refractivity contribution in [1.82, 2.24) is 0 Å². The maximum absolute atomic E-state index is 12.9. The Morgan fingerprint density at radius 3 is 1.35 bits per heavy atom. The maximum Gasteiger partial charge on any atom is 0.160 e. The molecule has 0 spiro atoms. The van der Waals surface area contributed by atoms with Gasteiger partial charge >= 0.3 is 0 Å². The summed E-state index contributed by atoms with van der Waals surface area (Å²) in [7, 11) is 5.01. The van der Waals surface area contributed by atoms with Crippen molar-refractivity contribution in [3.05, 3.63) is 88.2 Å². The molecule has 0 aliphatic carbocycles. The first kappa shape index (κ1) is 31.9. The van der Waals surface area contributed by atoms with Crippen molar-refractivity contribution in [1.29, 1.82) is 0 Å². The zero-order chi connectivity index (χ0) is 28.3. The van der Waals surface area contributed by atoms with E-state index in [1.807, 2.05) is 18.2 Å². The van der Waals surface area contributed by atoms with Gasteiger partial charge in [-0.1, -0.05) is 59.7 Å². The van der Waals surface area contributed by atoms with Crippen LogP contribution in [0.3, 0.4) is 0 Å². The Hall–Kier alpha value is -3.15. The maximum atomic E-state index is 12.9. The second-order valence-electron chi connectivity index (χ2n) is 9.59. The highest BCUT2D eigenvalue weighted by Crippen LogP contribution is 2.30. The minimum Gasteiger partial charge on any atom is -0.496 e. The Kier molecular flexibility index (Phi) is 13.1. The SMILES string of the molecule is CC(C)c1c(F)cc(F)cc1F.COc1ccc(C(C)C)cc1C.COc1ccc(C(C)C)cc1OC. The van der Waals surface area contributed by atoms with Crippen molar-refractivity contribution < 1.29 is 27.4 Å². The summed E-state index contributed by atoms with van der Waals surface area (Å²) in [5.41, 5.74) is 3.78. The van der Waals surface area contributed by atoms with E-state index in [4.69, 9.17) is 14.2 Å². The summed E-state index contributed by atoms with van der Waals surface area (Å²) in [6.07, 6.45) is 0. The third-order valence-corrected chi connectivity index (χ3v) is 5.78. The number of methoxy groups -OCH3 is 3. The fraction of sp³-hybridized carbons (Fsp3) is 0.419. The van der Waals surface area contributed by atoms with Crippen LogP contribution in [0.5, 0.6) is 17.2 Å². The lowest BCUT2D eigenvalue weighted by Gasteiger charge is -2.11. The molecule has 0 saturated carbocycles. The fourth-order valence-corrected chi connectivity index (χ4v) is 3.58. The standard InChI is InChI=1S/C11H16O2.C11H16O.C9H9F3/c1-8(2)9-5-6-10(12-3)11(7-9)13-4;1-8(2)10-5-6-11(12-4)9(3)7-10;1-5(2)9-7(11)3-6(10)4-8(9)12/h5-8H,1-4H3;5-8H,1-4H3;3-5H,1-2H3. The molecule has 0 unspecified atom stereocenters. The monoisotopic (exact) mass is 518 g/mol. The van der Waals surface area contributed by atoms with Gasteiger partial charge in [-0.05, 0) is 59.6 Å². The summed E-state index contributed by atoms with van der Waals surface area (Å²) in [4.78, 5) is 0. The fourth-order valence-electron chi connectivity index (χ4n) is 3.58. The number of halogens is 3. The normalized spacial score (nSPS) is 10.5. The number of aryl methyl sites for hydroxylation is 1. The average Bonchev–Trinajstić information content (AvgIpc) is 2.83. The van der Waals surface area contributed by atoms with Gasteiger partial charge in [-0.2, -0.15) is 0 Å². The van der Waals surface area contributed by atoms with Gasteiger partial charge in [0, 0.05) is 17.7 Å². The Balaban J connectivity index is 0.000000278. The molecule has 37 heavy (non-hydrogen) atoms. The van der Waals surface area contributed by atoms with Crippen LogP contribution < -0.4 is 14.2 Å². The molecule has 0 aliphatic heterocycles. The Labute approximate surface area is 220 Å². The Morgan fingerprint density at radius 2 is 0.973 bits per heavy atom. The van der Waals surface area contributed by atoms with Gasteiger partial charge in [0.15, 0.2) is 11.5 Å². The lowest BCUT2D eigenvalue weighted by molar-refractivity contribution is 0.354. The zero-order valence-corrected chi connectivity index (χ0v) is 23.7. The van der Waals surface area contributed by atoms with Crippen molar-refractivity contribution in [2.24, 2.45) is 0 Å². The minimum absolute atomic E-state index is 0.0589. The van der Waals surface area contributed by atoms with Gasteiger partial charge in [-0.25, -0.2) is 13.2 Å². The van der Waals surface area contributed by atoms with Crippen molar-refractivity contribution in [2.75, 3.05) is 21.3 Å². The van der Waals surface area contributed by atoms with E-state index in [-0.39, 0.29) is 11.5 Å². The molecule has 3 nitrogen and oxygen atoms in total. The van der Waals surface area contributed by atoms with Gasteiger partial charge in [0.2, 0.25) is 0 Å². The third kappa shape index (κ3) is 9.67. The van der Waals surface area contributed by atoms with Crippen molar-refractivity contribution >= 4 is 0 Å². The van der Waals surface area contributed by atoms with E-state index in [1.165, 1.54) is 16.7 Å². The van der Waals surface area contributed by atoms with E-state index in [1.54, 1.807) is 35.2 Å². The molecule has 0 saturated heterocycles. The second kappa shape index (κ2) is 15.2. The van der Waals surface area contributed by atoms with Crippen LogP contribution in [0.15, 0.2) is 48.5 Å². The second-order valence-corrected chi connectivity index (χ2v) is 9.59. The molecular formula is C31H41F3O3. The summed E-state index contributed by atoms with van der Waals surface area (Å²) in [6, 6.07) is 13.7. The van der Waals surface area contributed by atoms with Crippen LogP contribution >= 0.6 is 0 Å². The molecule has 0 aliphatic rings. The van der Waals surface area contributed by atoms with Crippen LogP contribution in [0.2, 0.25) is 0 Å². The zero-order valence-electron chi connectivity index (χ0n) is 23.7. The van der Waals surface area contributed by atoms with Crippen LogP contribution in [0.25, 0.3) is 0 Å². The number of hydrogen-bond acceptors (Lipinski definition) is 3. The highest BCUT2D eigenvalue weighted by molar-refractivity contribution is 5.43. The molecule has 0 heterocycles. The summed E-state index contributed by atoms with van der Waals surface area (Å²) >= 11 is 0. The van der Waals surface area contributed by atoms with Crippen LogP contribution in [0.1, 0.15) is 81.5 Å². The van der Waals surface area contributed by atoms with E-state index in [0.717, 1.165) is 17.2 Å². The van der Waals surface area contributed by atoms with Crippen LogP contribution in [0, 0.1) is 24.4 Å². The molecule has 204 valence electrons. The largest absolute Gasteiger partial charge is 0.496 e. The number of hydrogen-bond donors (Lipinski definition) is 0. The lowest BCUT2D eigenvalue weighted by atomic mass is 10.0. The lowest BCUT2D eigenvalue weighted by Crippen LogP contribution is -1.98. The number of rotatable bonds is 6. The molecule has 0 atom stereocenters. The highest BCUT2D eigenvalue weighted by Gasteiger charge is 2.14. The van der Waals surface area contributed by atoms with Crippen LogP contribution in [-0.4, -0.2) is 21.3 Å². The van der Waals surface area contributed by atoms with E-state index in [0.29, 0.717) is 24.0 Å². The number of ether oxygens (including phenoxy) is 3. The predicted octanol–water partition coefficient (Wildman–Crippen LogP) is 9.18. The highest BCUT2D eigenvalue weighted by atomic mass is 19.1. The topological polar surface area (TPSA) is 27.7 Å².